The maximum absolute atomic E-state index is 11.7. The molecular formula is C8H13N3O2. The number of nitrogens with one attached hydrogen (secondary N) is 2. The molecular weight excluding hydrogens is 170 g/mol. The summed E-state index contributed by atoms with van der Waals surface area (Å²) in [5.41, 5.74) is -0.649. The van der Waals surface area contributed by atoms with Crippen molar-refractivity contribution < 1.29 is 9.59 Å². The molecule has 2 rings (SSSR count). The van der Waals surface area contributed by atoms with Crippen molar-refractivity contribution in [2.45, 2.75) is 18.4 Å². The van der Waals surface area contributed by atoms with Gasteiger partial charge in [0.25, 0.3) is 5.91 Å². The third-order valence-corrected chi connectivity index (χ3v) is 2.75. The number of hydrogen-bond acceptors (Lipinski definition) is 3. The lowest BCUT2D eigenvalue weighted by Crippen LogP contribution is -2.57. The van der Waals surface area contributed by atoms with Crippen LogP contribution in [0.3, 0.4) is 0 Å². The highest BCUT2D eigenvalue weighted by molar-refractivity contribution is 6.07. The third-order valence-electron chi connectivity index (χ3n) is 2.75. The lowest BCUT2D eigenvalue weighted by Gasteiger charge is -2.30. The molecule has 2 N–H and O–H groups in total. The van der Waals surface area contributed by atoms with Gasteiger partial charge in [0.05, 0.1) is 0 Å². The molecule has 13 heavy (non-hydrogen) atoms. The van der Waals surface area contributed by atoms with Gasteiger partial charge in [-0.05, 0) is 19.4 Å². The monoisotopic (exact) mass is 183 g/mol. The van der Waals surface area contributed by atoms with Gasteiger partial charge in [-0.15, -0.1) is 0 Å². The van der Waals surface area contributed by atoms with Crippen molar-refractivity contribution in [2.75, 3.05) is 20.1 Å². The fourth-order valence-corrected chi connectivity index (χ4v) is 1.95. The molecule has 2 saturated heterocycles. The van der Waals surface area contributed by atoms with Gasteiger partial charge in [-0.3, -0.25) is 9.69 Å². The molecule has 0 aromatic carbocycles. The summed E-state index contributed by atoms with van der Waals surface area (Å²) in [5, 5.41) is 5.87. The summed E-state index contributed by atoms with van der Waals surface area (Å²) < 4.78 is 0. The molecule has 0 aromatic rings. The zero-order valence-corrected chi connectivity index (χ0v) is 7.59. The van der Waals surface area contributed by atoms with Crippen molar-refractivity contribution in [3.63, 3.8) is 0 Å². The lowest BCUT2D eigenvalue weighted by atomic mass is 9.90. The van der Waals surface area contributed by atoms with Crippen LogP contribution in [0.15, 0.2) is 0 Å². The summed E-state index contributed by atoms with van der Waals surface area (Å²) in [6.07, 6.45) is 1.68. The van der Waals surface area contributed by atoms with Gasteiger partial charge >= 0.3 is 6.03 Å². The number of piperidine rings is 1. The third kappa shape index (κ3) is 1.11. The Balaban J connectivity index is 2.23. The molecule has 0 bridgehead atoms. The van der Waals surface area contributed by atoms with Crippen LogP contribution in [0.1, 0.15) is 12.8 Å². The van der Waals surface area contributed by atoms with Crippen molar-refractivity contribution in [3.8, 4) is 0 Å². The van der Waals surface area contributed by atoms with E-state index in [1.165, 1.54) is 7.05 Å². The van der Waals surface area contributed by atoms with Gasteiger partial charge in [0.1, 0.15) is 5.54 Å². The number of rotatable bonds is 0. The van der Waals surface area contributed by atoms with E-state index < -0.39 is 5.54 Å². The number of carbonyl (C=O) groups excluding carboxylic acids is 2. The number of nitrogens with zero attached hydrogens (tertiary/aromatic N) is 1. The molecule has 1 spiro atoms. The summed E-state index contributed by atoms with van der Waals surface area (Å²) in [4.78, 5) is 24.1. The first-order valence-electron chi connectivity index (χ1n) is 4.47. The standard InChI is InChI=1S/C8H13N3O2/c1-11-6(12)8(10-7(11)13)3-2-4-9-5-8/h9H,2-5H2,1H3,(H,10,13)/t8-/m1/s1. The zero-order chi connectivity index (χ0) is 9.47. The number of imide groups is 1. The van der Waals surface area contributed by atoms with E-state index in [0.29, 0.717) is 6.54 Å². The smallest absolute Gasteiger partial charge is 0.322 e. The Hall–Kier alpha value is -1.10. The van der Waals surface area contributed by atoms with Crippen LogP contribution >= 0.6 is 0 Å². The van der Waals surface area contributed by atoms with Crippen LogP contribution in [-0.2, 0) is 4.79 Å². The first-order chi connectivity index (χ1) is 6.16. The van der Waals surface area contributed by atoms with Crippen LogP contribution in [0.2, 0.25) is 0 Å². The minimum Gasteiger partial charge on any atom is -0.322 e. The van der Waals surface area contributed by atoms with Gasteiger partial charge in [-0.1, -0.05) is 0 Å². The average molecular weight is 183 g/mol. The first kappa shape index (κ1) is 8.50. The quantitative estimate of drug-likeness (QED) is 0.488. The summed E-state index contributed by atoms with van der Waals surface area (Å²) in [6.45, 7) is 1.48. The summed E-state index contributed by atoms with van der Waals surface area (Å²) in [5.74, 6) is -0.107. The van der Waals surface area contributed by atoms with Crippen LogP contribution in [0, 0.1) is 0 Å². The van der Waals surface area contributed by atoms with Gasteiger partial charge in [-0.2, -0.15) is 0 Å². The number of likely N-dealkylation sites (N-methyl/N-ethyl adjacent to an activating group) is 1. The van der Waals surface area contributed by atoms with Crippen molar-refractivity contribution in [1.82, 2.24) is 15.5 Å². The van der Waals surface area contributed by atoms with E-state index in [1.807, 2.05) is 0 Å². The molecule has 1 atom stereocenters. The molecule has 3 amide bonds. The molecule has 0 aliphatic carbocycles. The van der Waals surface area contributed by atoms with Crippen LogP contribution in [0.25, 0.3) is 0 Å². The second kappa shape index (κ2) is 2.70. The molecule has 5 nitrogen and oxygen atoms in total. The number of urea groups is 1. The maximum Gasteiger partial charge on any atom is 0.324 e. The molecule has 0 aromatic heterocycles. The molecule has 0 unspecified atom stereocenters. The maximum atomic E-state index is 11.7. The topological polar surface area (TPSA) is 61.4 Å². The summed E-state index contributed by atoms with van der Waals surface area (Å²) >= 11 is 0. The number of hydrogen-bond donors (Lipinski definition) is 2. The molecule has 5 heteroatoms. The van der Waals surface area contributed by atoms with Crippen LogP contribution in [0.5, 0.6) is 0 Å². The van der Waals surface area contributed by atoms with Gasteiger partial charge in [-0.25, -0.2) is 4.79 Å². The Bertz CT molecular complexity index is 258. The fraction of sp³-hybridized carbons (Fsp3) is 0.750. The molecule has 0 radical (unpaired) electrons. The summed E-state index contributed by atoms with van der Waals surface area (Å²) in [6, 6.07) is -0.284. The molecule has 0 saturated carbocycles. The van der Waals surface area contributed by atoms with Crippen molar-refractivity contribution in [3.05, 3.63) is 0 Å². The first-order valence-corrected chi connectivity index (χ1v) is 4.47. The van der Waals surface area contributed by atoms with Crippen LogP contribution < -0.4 is 10.6 Å². The highest BCUT2D eigenvalue weighted by atomic mass is 16.2. The van der Waals surface area contributed by atoms with Gasteiger partial charge in [0.15, 0.2) is 0 Å². The minimum absolute atomic E-state index is 0.107. The Morgan fingerprint density at radius 3 is 2.69 bits per heavy atom. The highest BCUT2D eigenvalue weighted by Gasteiger charge is 2.49. The average Bonchev–Trinajstić information content (AvgIpc) is 2.33. The van der Waals surface area contributed by atoms with E-state index in [9.17, 15) is 9.59 Å². The largest absolute Gasteiger partial charge is 0.324 e. The van der Waals surface area contributed by atoms with Crippen LogP contribution in [-0.4, -0.2) is 42.5 Å². The Kier molecular flexibility index (Phi) is 1.76. The van der Waals surface area contributed by atoms with Crippen LogP contribution in [0.4, 0.5) is 4.79 Å². The molecule has 2 heterocycles. The Morgan fingerprint density at radius 1 is 1.46 bits per heavy atom. The molecule has 2 aliphatic heterocycles. The van der Waals surface area contributed by atoms with Gasteiger partial charge in [0.2, 0.25) is 0 Å². The van der Waals surface area contributed by atoms with E-state index in [2.05, 4.69) is 10.6 Å². The lowest BCUT2D eigenvalue weighted by molar-refractivity contribution is -0.130. The highest BCUT2D eigenvalue weighted by Crippen LogP contribution is 2.23. The molecule has 2 aliphatic rings. The van der Waals surface area contributed by atoms with E-state index in [1.54, 1.807) is 0 Å². The van der Waals surface area contributed by atoms with Gasteiger partial charge in [0, 0.05) is 13.6 Å². The van der Waals surface area contributed by atoms with E-state index in [-0.39, 0.29) is 11.9 Å². The summed E-state index contributed by atoms with van der Waals surface area (Å²) in [7, 11) is 1.51. The molecule has 2 fully saturated rings. The zero-order valence-electron chi connectivity index (χ0n) is 7.59. The number of amides is 3. The fourth-order valence-electron chi connectivity index (χ4n) is 1.95. The van der Waals surface area contributed by atoms with E-state index >= 15 is 0 Å². The van der Waals surface area contributed by atoms with Crippen molar-refractivity contribution >= 4 is 11.9 Å². The normalized spacial score (nSPS) is 34.1. The molecule has 72 valence electrons. The Labute approximate surface area is 76.5 Å². The van der Waals surface area contributed by atoms with Gasteiger partial charge < -0.3 is 10.6 Å². The SMILES string of the molecule is CN1C(=O)N[C@@]2(CCCNC2)C1=O. The predicted octanol–water partition coefficient (Wildman–Crippen LogP) is -0.710. The van der Waals surface area contributed by atoms with E-state index in [4.69, 9.17) is 0 Å². The van der Waals surface area contributed by atoms with Crippen molar-refractivity contribution in [2.24, 2.45) is 0 Å². The second-order valence-electron chi connectivity index (χ2n) is 3.66. The predicted molar refractivity (Wildman–Crippen MR) is 46.1 cm³/mol. The van der Waals surface area contributed by atoms with E-state index in [0.717, 1.165) is 24.3 Å². The Morgan fingerprint density at radius 2 is 2.23 bits per heavy atom. The second-order valence-corrected chi connectivity index (χ2v) is 3.66. The minimum atomic E-state index is -0.649. The number of carbonyl (C=O) groups is 2. The van der Waals surface area contributed by atoms with Crippen molar-refractivity contribution in [1.29, 1.82) is 0 Å².